The van der Waals surface area contributed by atoms with E-state index in [-0.39, 0.29) is 5.78 Å². The maximum absolute atomic E-state index is 12.9. The normalized spacial score (nSPS) is 13.5. The van der Waals surface area contributed by atoms with Crippen molar-refractivity contribution in [3.05, 3.63) is 72.1 Å². The van der Waals surface area contributed by atoms with E-state index >= 15 is 0 Å². The summed E-state index contributed by atoms with van der Waals surface area (Å²) in [7, 11) is 6.26. The molecule has 236 valence electrons. The largest absolute Gasteiger partial charge is 0.493 e. The highest BCUT2D eigenvalue weighted by Crippen LogP contribution is 2.39. The number of ether oxygens (including phenoxy) is 6. The molecule has 45 heavy (non-hydrogen) atoms. The first-order valence-electron chi connectivity index (χ1n) is 14.7. The lowest BCUT2D eigenvalue weighted by Crippen LogP contribution is -2.37. The Bertz CT molecular complexity index is 1610. The molecule has 0 radical (unpaired) electrons. The van der Waals surface area contributed by atoms with Crippen LogP contribution >= 0.6 is 0 Å². The number of carbonyl (C=O) groups is 1. The van der Waals surface area contributed by atoms with Crippen molar-refractivity contribution in [3.8, 4) is 28.7 Å². The molecule has 1 aliphatic rings. The lowest BCUT2D eigenvalue weighted by Gasteiger charge is -2.26. The number of aromatic nitrogens is 2. The first-order valence-corrected chi connectivity index (χ1v) is 14.7. The van der Waals surface area contributed by atoms with E-state index in [1.807, 2.05) is 24.3 Å². The third kappa shape index (κ3) is 7.81. The van der Waals surface area contributed by atoms with Gasteiger partial charge in [-0.2, -0.15) is 0 Å². The van der Waals surface area contributed by atoms with Gasteiger partial charge in [-0.25, -0.2) is 9.97 Å². The van der Waals surface area contributed by atoms with Crippen LogP contribution in [-0.4, -0.2) is 88.5 Å². The van der Waals surface area contributed by atoms with Gasteiger partial charge in [-0.1, -0.05) is 6.08 Å². The number of hydrogen-bond donors (Lipinski definition) is 1. The fourth-order valence-electron chi connectivity index (χ4n) is 5.05. The quantitative estimate of drug-likeness (QED) is 0.112. The molecular weight excluding hydrogens is 576 g/mol. The number of hydrogen-bond acceptors (Lipinski definition) is 11. The zero-order chi connectivity index (χ0) is 31.6. The number of ketones is 1. The molecule has 0 saturated carbocycles. The second-order valence-corrected chi connectivity index (χ2v) is 10.3. The molecule has 1 aromatic heterocycles. The summed E-state index contributed by atoms with van der Waals surface area (Å²) in [4.78, 5) is 24.2. The highest BCUT2D eigenvalue weighted by Gasteiger charge is 2.15. The number of morpholine rings is 1. The van der Waals surface area contributed by atoms with Crippen LogP contribution in [0.25, 0.3) is 17.0 Å². The van der Waals surface area contributed by atoms with Crippen molar-refractivity contribution < 1.29 is 33.2 Å². The van der Waals surface area contributed by atoms with E-state index in [0.29, 0.717) is 52.3 Å². The number of methoxy groups -OCH3 is 4. The average molecular weight is 615 g/mol. The number of fused-ring (bicyclic) bond motifs is 1. The van der Waals surface area contributed by atoms with Gasteiger partial charge < -0.3 is 33.7 Å². The van der Waals surface area contributed by atoms with E-state index < -0.39 is 0 Å². The smallest absolute Gasteiger partial charge is 0.203 e. The Morgan fingerprint density at radius 1 is 0.889 bits per heavy atom. The Labute approximate surface area is 262 Å². The molecule has 1 N–H and O–H groups in total. The molecule has 0 amide bonds. The number of allylic oxidation sites excluding steroid dienone is 1. The zero-order valence-corrected chi connectivity index (χ0v) is 26.0. The minimum atomic E-state index is -0.148. The molecule has 0 unspecified atom stereocenters. The van der Waals surface area contributed by atoms with Gasteiger partial charge in [0.2, 0.25) is 5.75 Å². The summed E-state index contributed by atoms with van der Waals surface area (Å²) in [6.07, 6.45) is 5.61. The van der Waals surface area contributed by atoms with E-state index in [0.717, 1.165) is 55.9 Å². The maximum atomic E-state index is 12.9. The van der Waals surface area contributed by atoms with Crippen LogP contribution in [0, 0.1) is 0 Å². The van der Waals surface area contributed by atoms with Crippen molar-refractivity contribution in [2.75, 3.05) is 73.2 Å². The first-order chi connectivity index (χ1) is 22.0. The SMILES string of the molecule is COc1cc2ncnc(Nc3ccc(C(=O)/C=C/c4cc(OC)c(OC)c(OC)c4)cc3)c2cc1OCCCN1CCOCC1. The van der Waals surface area contributed by atoms with Gasteiger partial charge in [-0.15, -0.1) is 0 Å². The fraction of sp³-hybridized carbons (Fsp3) is 0.324. The average Bonchev–Trinajstić information content (AvgIpc) is 3.09. The predicted octanol–water partition coefficient (Wildman–Crippen LogP) is 5.41. The molecule has 0 spiro atoms. The van der Waals surface area contributed by atoms with Gasteiger partial charge in [0.25, 0.3) is 0 Å². The summed E-state index contributed by atoms with van der Waals surface area (Å²) in [6, 6.07) is 14.5. The Morgan fingerprint density at radius 3 is 2.27 bits per heavy atom. The van der Waals surface area contributed by atoms with E-state index in [9.17, 15) is 4.79 Å². The molecule has 2 heterocycles. The summed E-state index contributed by atoms with van der Waals surface area (Å²) in [5.41, 5.74) is 2.76. The van der Waals surface area contributed by atoms with Crippen molar-refractivity contribution in [2.45, 2.75) is 6.42 Å². The van der Waals surface area contributed by atoms with Crippen LogP contribution in [-0.2, 0) is 4.74 Å². The first kappa shape index (κ1) is 31.6. The molecule has 3 aromatic carbocycles. The highest BCUT2D eigenvalue weighted by atomic mass is 16.5. The fourth-order valence-corrected chi connectivity index (χ4v) is 5.05. The molecule has 0 atom stereocenters. The van der Waals surface area contributed by atoms with E-state index in [4.69, 9.17) is 28.4 Å². The topological polar surface area (TPSA) is 114 Å². The second kappa shape index (κ2) is 15.2. The number of benzene rings is 3. The van der Waals surface area contributed by atoms with Crippen molar-refractivity contribution in [3.63, 3.8) is 0 Å². The second-order valence-electron chi connectivity index (χ2n) is 10.3. The number of nitrogens with zero attached hydrogens (tertiary/aromatic N) is 3. The summed E-state index contributed by atoms with van der Waals surface area (Å²) < 4.78 is 33.3. The Hall–Kier alpha value is -4.87. The summed E-state index contributed by atoms with van der Waals surface area (Å²) in [5, 5.41) is 4.13. The summed E-state index contributed by atoms with van der Waals surface area (Å²) in [5.74, 6) is 3.22. The third-order valence-electron chi connectivity index (χ3n) is 7.45. The number of carbonyl (C=O) groups excluding carboxylic acids is 1. The van der Waals surface area contributed by atoms with Gasteiger partial charge in [-0.05, 0) is 60.5 Å². The lowest BCUT2D eigenvalue weighted by molar-refractivity contribution is 0.0357. The minimum Gasteiger partial charge on any atom is -0.493 e. The highest BCUT2D eigenvalue weighted by molar-refractivity contribution is 6.07. The van der Waals surface area contributed by atoms with Crippen molar-refractivity contribution in [1.82, 2.24) is 14.9 Å². The molecule has 0 aliphatic carbocycles. The van der Waals surface area contributed by atoms with Crippen LogP contribution < -0.4 is 29.0 Å². The van der Waals surface area contributed by atoms with Crippen LogP contribution in [0.2, 0.25) is 0 Å². The Morgan fingerprint density at radius 2 is 1.60 bits per heavy atom. The Balaban J connectivity index is 1.26. The van der Waals surface area contributed by atoms with Gasteiger partial charge >= 0.3 is 0 Å². The van der Waals surface area contributed by atoms with E-state index in [2.05, 4.69) is 20.2 Å². The van der Waals surface area contributed by atoms with Gasteiger partial charge in [0.15, 0.2) is 28.8 Å². The standard InChI is InChI=1S/C34H38N4O7/c1-40-29-21-27-26(20-30(29)45-15-5-12-38-13-16-44-17-14-38)34(36-22-35-27)37-25-9-7-24(8-10-25)28(39)11-6-23-18-31(41-2)33(43-4)32(19-23)42-3/h6-11,18-22H,5,12-17H2,1-4H3,(H,35,36,37)/b11-6+. The molecule has 4 aromatic rings. The minimum absolute atomic E-state index is 0.148. The summed E-state index contributed by atoms with van der Waals surface area (Å²) in [6.45, 7) is 4.97. The van der Waals surface area contributed by atoms with Crippen LogP contribution in [0.1, 0.15) is 22.3 Å². The maximum Gasteiger partial charge on any atom is 0.203 e. The molecule has 11 heteroatoms. The third-order valence-corrected chi connectivity index (χ3v) is 7.45. The predicted molar refractivity (Wildman–Crippen MR) is 173 cm³/mol. The number of rotatable bonds is 14. The lowest BCUT2D eigenvalue weighted by atomic mass is 10.1. The van der Waals surface area contributed by atoms with E-state index in [1.54, 1.807) is 58.8 Å². The number of anilines is 2. The molecule has 1 fully saturated rings. The zero-order valence-electron chi connectivity index (χ0n) is 26.0. The van der Waals surface area contributed by atoms with Gasteiger partial charge in [0.1, 0.15) is 12.1 Å². The van der Waals surface area contributed by atoms with Gasteiger partial charge in [0, 0.05) is 42.3 Å². The van der Waals surface area contributed by atoms with Gasteiger partial charge in [0.05, 0.1) is 53.8 Å². The molecule has 0 bridgehead atoms. The monoisotopic (exact) mass is 614 g/mol. The van der Waals surface area contributed by atoms with Crippen LogP contribution in [0.4, 0.5) is 11.5 Å². The van der Waals surface area contributed by atoms with Crippen molar-refractivity contribution in [2.24, 2.45) is 0 Å². The number of nitrogens with one attached hydrogen (secondary N) is 1. The molecule has 11 nitrogen and oxygen atoms in total. The molecule has 5 rings (SSSR count). The van der Waals surface area contributed by atoms with Crippen molar-refractivity contribution >= 4 is 34.3 Å². The summed E-state index contributed by atoms with van der Waals surface area (Å²) >= 11 is 0. The molecule has 1 aliphatic heterocycles. The van der Waals surface area contributed by atoms with Gasteiger partial charge in [-0.3, -0.25) is 9.69 Å². The van der Waals surface area contributed by atoms with Crippen molar-refractivity contribution in [1.29, 1.82) is 0 Å². The van der Waals surface area contributed by atoms with Crippen LogP contribution in [0.15, 0.2) is 60.9 Å². The van der Waals surface area contributed by atoms with Crippen LogP contribution in [0.5, 0.6) is 28.7 Å². The molecule has 1 saturated heterocycles. The Kier molecular flexibility index (Phi) is 10.7. The molecular formula is C34H38N4O7. The van der Waals surface area contributed by atoms with E-state index in [1.165, 1.54) is 12.4 Å². The van der Waals surface area contributed by atoms with Crippen LogP contribution in [0.3, 0.4) is 0 Å².